The zero-order valence-electron chi connectivity index (χ0n) is 19.5. The largest absolute Gasteiger partial charge is 0.676 e. The molecule has 0 aliphatic carbocycles. The van der Waals surface area contributed by atoms with Crippen LogP contribution in [0.15, 0.2) is 48.5 Å². The van der Waals surface area contributed by atoms with Crippen molar-refractivity contribution in [3.63, 3.8) is 0 Å². The maximum atomic E-state index is 9.58. The number of nitrogens with zero attached hydrogens (tertiary/aromatic N) is 2. The van der Waals surface area contributed by atoms with Gasteiger partial charge in [-0.25, -0.2) is 0 Å². The Morgan fingerprint density at radius 3 is 1.06 bits per heavy atom. The van der Waals surface area contributed by atoms with Gasteiger partial charge < -0.3 is 53.9 Å². The molecule has 2 aromatic rings. The number of rotatable bonds is 12. The van der Waals surface area contributed by atoms with Crippen molar-refractivity contribution in [1.82, 2.24) is 9.80 Å². The Morgan fingerprint density at radius 2 is 0.824 bits per heavy atom. The second-order valence-electron chi connectivity index (χ2n) is 6.81. The molecule has 0 amide bonds. The first-order valence-electron chi connectivity index (χ1n) is 10.1. The van der Waals surface area contributed by atoms with E-state index in [1.807, 2.05) is 34.1 Å². The summed E-state index contributed by atoms with van der Waals surface area (Å²) >= 11 is 0. The third-order valence-electron chi connectivity index (χ3n) is 4.48. The summed E-state index contributed by atoms with van der Waals surface area (Å²) in [6.45, 7) is 5.12. The number of hydrogen-bond acceptors (Lipinski definition) is 4. The van der Waals surface area contributed by atoms with Gasteiger partial charge in [0.05, 0.1) is 0 Å². The molecule has 12 heteroatoms. The second kappa shape index (κ2) is 24.9. The van der Waals surface area contributed by atoms with Crippen LogP contribution < -0.4 is 0 Å². The molecule has 196 valence electrons. The molecule has 0 bridgehead atoms. The van der Waals surface area contributed by atoms with Crippen LogP contribution in [-0.2, 0) is 49.1 Å². The molecular formula is C22H38N6NiO4Zn-4. The molecule has 10 nitrogen and oxygen atoms in total. The Hall–Kier alpha value is -1.16. The molecule has 0 saturated carbocycles. The van der Waals surface area contributed by atoms with Gasteiger partial charge in [-0.15, -0.1) is 26.2 Å². The van der Waals surface area contributed by atoms with Crippen molar-refractivity contribution in [2.75, 3.05) is 52.4 Å². The fraction of sp³-hybridized carbons (Fsp3) is 0.455. The normalized spacial score (nSPS) is 9.59. The SMILES string of the molecule is O.O.[NH-]CCN(CC[NH-])Cc1ccccc1O.[NH-]CCN(CC[NH-])Cc1ccccc1O.[Ni].[Zn]. The molecule has 0 heterocycles. The molecule has 2 aromatic carbocycles. The number of para-hydroxylation sites is 2. The molecule has 0 unspecified atom stereocenters. The Bertz CT molecular complexity index is 649. The molecule has 0 aliphatic heterocycles. The Balaban J connectivity index is -0.000000237. The summed E-state index contributed by atoms with van der Waals surface area (Å²) in [5.74, 6) is 0.579. The molecular weight excluding hydrogens is 536 g/mol. The zero-order valence-corrected chi connectivity index (χ0v) is 23.5. The van der Waals surface area contributed by atoms with Crippen LogP contribution in [0.1, 0.15) is 11.1 Å². The van der Waals surface area contributed by atoms with Crippen LogP contribution in [0.3, 0.4) is 0 Å². The molecule has 0 radical (unpaired) electrons. The summed E-state index contributed by atoms with van der Waals surface area (Å²) in [5, 5.41) is 19.2. The number of phenols is 2. The Kier molecular flexibility index (Phi) is 29.4. The monoisotopic (exact) mass is 572 g/mol. The van der Waals surface area contributed by atoms with E-state index in [0.29, 0.717) is 65.4 Å². The minimum absolute atomic E-state index is 0. The van der Waals surface area contributed by atoms with Crippen LogP contribution in [0.5, 0.6) is 11.5 Å². The number of hydrogen-bond donors (Lipinski definition) is 2. The van der Waals surface area contributed by atoms with Gasteiger partial charge in [0.1, 0.15) is 11.5 Å². The third kappa shape index (κ3) is 16.5. The molecule has 0 saturated heterocycles. The summed E-state index contributed by atoms with van der Waals surface area (Å²) in [6.07, 6.45) is 0. The summed E-state index contributed by atoms with van der Waals surface area (Å²) in [6, 6.07) is 14.4. The average molecular weight is 575 g/mol. The molecule has 0 aromatic heterocycles. The molecule has 0 spiro atoms. The van der Waals surface area contributed by atoms with Crippen LogP contribution in [0.4, 0.5) is 0 Å². The maximum absolute atomic E-state index is 9.58. The van der Waals surface area contributed by atoms with E-state index < -0.39 is 0 Å². The minimum atomic E-state index is 0. The van der Waals surface area contributed by atoms with Gasteiger partial charge in [-0.3, -0.25) is 0 Å². The fourth-order valence-electron chi connectivity index (χ4n) is 2.94. The van der Waals surface area contributed by atoms with E-state index in [9.17, 15) is 10.2 Å². The maximum Gasteiger partial charge on any atom is 0.120 e. The number of aromatic hydroxyl groups is 2. The molecule has 2 rings (SSSR count). The van der Waals surface area contributed by atoms with Crippen molar-refractivity contribution in [3.05, 3.63) is 82.6 Å². The smallest absolute Gasteiger partial charge is 0.120 e. The van der Waals surface area contributed by atoms with Crippen molar-refractivity contribution in [2.24, 2.45) is 0 Å². The fourth-order valence-corrected chi connectivity index (χ4v) is 2.94. The van der Waals surface area contributed by atoms with Gasteiger partial charge >= 0.3 is 0 Å². The van der Waals surface area contributed by atoms with Gasteiger partial charge in [0.25, 0.3) is 0 Å². The van der Waals surface area contributed by atoms with E-state index in [4.69, 9.17) is 22.9 Å². The van der Waals surface area contributed by atoms with E-state index in [0.717, 1.165) is 11.1 Å². The molecule has 0 atom stereocenters. The van der Waals surface area contributed by atoms with Gasteiger partial charge in [-0.2, -0.15) is 0 Å². The second-order valence-corrected chi connectivity index (χ2v) is 6.81. The standard InChI is InChI=1S/2C11H17N3O.Ni.2H2O.Zn/c2*12-5-7-14(8-6-13)9-10-3-1-2-4-11(10)15;;;;/h2*1-4,12-13,15H,5-9H2;;2*1H2;/q2*-2;;;;. The van der Waals surface area contributed by atoms with E-state index in [1.54, 1.807) is 24.3 Å². The first kappa shape index (κ1) is 40.0. The van der Waals surface area contributed by atoms with Crippen LogP contribution in [-0.4, -0.2) is 83.3 Å². The van der Waals surface area contributed by atoms with Gasteiger partial charge in [-0.1, -0.05) is 36.4 Å². The molecule has 34 heavy (non-hydrogen) atoms. The van der Waals surface area contributed by atoms with E-state index >= 15 is 0 Å². The Morgan fingerprint density at radius 1 is 0.559 bits per heavy atom. The van der Waals surface area contributed by atoms with Crippen molar-refractivity contribution in [2.45, 2.75) is 13.1 Å². The minimum Gasteiger partial charge on any atom is -0.676 e. The van der Waals surface area contributed by atoms with Gasteiger partial charge in [-0.05, 0) is 38.3 Å². The van der Waals surface area contributed by atoms with Crippen molar-refractivity contribution in [3.8, 4) is 11.5 Å². The topological polar surface area (TPSA) is 205 Å². The van der Waals surface area contributed by atoms with Crippen molar-refractivity contribution >= 4 is 0 Å². The Labute approximate surface area is 226 Å². The molecule has 10 N–H and O–H groups in total. The molecule has 0 aliphatic rings. The average Bonchev–Trinajstić information content (AvgIpc) is 2.73. The van der Waals surface area contributed by atoms with Gasteiger partial charge in [0, 0.05) is 60.2 Å². The van der Waals surface area contributed by atoms with Gasteiger partial charge in [0.2, 0.25) is 0 Å². The van der Waals surface area contributed by atoms with Crippen LogP contribution in [0.2, 0.25) is 0 Å². The van der Waals surface area contributed by atoms with E-state index in [1.165, 1.54) is 0 Å². The van der Waals surface area contributed by atoms with Crippen LogP contribution in [0, 0.1) is 0 Å². The van der Waals surface area contributed by atoms with Crippen LogP contribution >= 0.6 is 0 Å². The summed E-state index contributed by atoms with van der Waals surface area (Å²) in [5.41, 5.74) is 30.4. The number of benzene rings is 2. The predicted octanol–water partition coefficient (Wildman–Crippen LogP) is 2.94. The number of phenolic OH excluding ortho intramolecular Hbond substituents is 2. The summed E-state index contributed by atoms with van der Waals surface area (Å²) < 4.78 is 0. The van der Waals surface area contributed by atoms with Crippen molar-refractivity contribution < 1.29 is 57.1 Å². The quantitative estimate of drug-likeness (QED) is 0.367. The first-order valence-corrected chi connectivity index (χ1v) is 10.1. The van der Waals surface area contributed by atoms with Crippen molar-refractivity contribution in [1.29, 1.82) is 0 Å². The van der Waals surface area contributed by atoms with Crippen LogP contribution in [0.25, 0.3) is 22.9 Å². The summed E-state index contributed by atoms with van der Waals surface area (Å²) in [7, 11) is 0. The molecule has 0 fully saturated rings. The predicted molar refractivity (Wildman–Crippen MR) is 131 cm³/mol. The first-order chi connectivity index (χ1) is 14.5. The summed E-state index contributed by atoms with van der Waals surface area (Å²) in [4.78, 5) is 4.02. The number of nitrogens with one attached hydrogen (secondary N) is 4. The van der Waals surface area contributed by atoms with E-state index in [-0.39, 0.29) is 58.4 Å². The third-order valence-corrected chi connectivity index (χ3v) is 4.48. The van der Waals surface area contributed by atoms with E-state index in [2.05, 4.69) is 0 Å². The van der Waals surface area contributed by atoms with Gasteiger partial charge in [0.15, 0.2) is 0 Å². The zero-order chi connectivity index (χ0) is 22.2.